The second-order valence-electron chi connectivity index (χ2n) is 8.47. The fourth-order valence-electron chi connectivity index (χ4n) is 4.39. The monoisotopic (exact) mass is 401 g/mol. The predicted octanol–water partition coefficient (Wildman–Crippen LogP) is 3.00. The third-order valence-electron chi connectivity index (χ3n) is 6.40. The summed E-state index contributed by atoms with van der Waals surface area (Å²) in [5.41, 5.74) is 2.11. The van der Waals surface area contributed by atoms with Crippen LogP contribution in [-0.4, -0.2) is 56.7 Å². The van der Waals surface area contributed by atoms with E-state index in [2.05, 4.69) is 20.2 Å². The summed E-state index contributed by atoms with van der Waals surface area (Å²) < 4.78 is 10.7. The number of carbonyl (C=O) groups excluding carboxylic acids is 1. The smallest absolute Gasteiger partial charge is 0.229 e. The van der Waals surface area contributed by atoms with Crippen LogP contribution in [0, 0.1) is 13.8 Å². The first kappa shape index (κ1) is 20.1. The number of nitrogens with zero attached hydrogens (tertiary/aromatic N) is 5. The number of aryl methyl sites for hydroxylation is 2. The Morgan fingerprint density at radius 3 is 2.66 bits per heavy atom. The highest BCUT2D eigenvalue weighted by Gasteiger charge is 2.29. The van der Waals surface area contributed by atoms with E-state index in [0.717, 1.165) is 68.2 Å². The van der Waals surface area contributed by atoms with Crippen molar-refractivity contribution in [3.63, 3.8) is 0 Å². The highest BCUT2D eigenvalue weighted by Crippen LogP contribution is 2.35. The maximum Gasteiger partial charge on any atom is 0.229 e. The van der Waals surface area contributed by atoms with E-state index >= 15 is 0 Å². The standard InChI is InChI=1S/C21H31N5O3/c1-14-19(15(2)28-23-14)13-25-10-5-8-18(12-25)26(16(3)27)11-9-20-22-21(29-24-20)17-6-4-7-17/h17-18H,4-13H2,1-3H3. The minimum Gasteiger partial charge on any atom is -0.361 e. The lowest BCUT2D eigenvalue weighted by molar-refractivity contribution is -0.132. The van der Waals surface area contributed by atoms with E-state index in [1.807, 2.05) is 18.7 Å². The van der Waals surface area contributed by atoms with Crippen molar-refractivity contribution in [2.45, 2.75) is 77.8 Å². The number of piperidine rings is 1. The van der Waals surface area contributed by atoms with Crippen LogP contribution in [0.3, 0.4) is 0 Å². The molecule has 4 rings (SSSR count). The molecular formula is C21H31N5O3. The zero-order valence-electron chi connectivity index (χ0n) is 17.7. The van der Waals surface area contributed by atoms with Gasteiger partial charge in [0.2, 0.25) is 11.8 Å². The molecule has 158 valence electrons. The largest absolute Gasteiger partial charge is 0.361 e. The minimum atomic E-state index is 0.108. The summed E-state index contributed by atoms with van der Waals surface area (Å²) in [6.45, 7) is 8.94. The van der Waals surface area contributed by atoms with Crippen molar-refractivity contribution in [3.05, 3.63) is 28.7 Å². The Bertz CT molecular complexity index is 822. The van der Waals surface area contributed by atoms with Gasteiger partial charge in [-0.3, -0.25) is 9.69 Å². The van der Waals surface area contributed by atoms with E-state index in [-0.39, 0.29) is 11.9 Å². The van der Waals surface area contributed by atoms with E-state index in [9.17, 15) is 4.79 Å². The molecule has 2 aromatic heterocycles. The zero-order chi connectivity index (χ0) is 20.4. The first-order valence-electron chi connectivity index (χ1n) is 10.7. The van der Waals surface area contributed by atoms with Crippen LogP contribution in [-0.2, 0) is 17.8 Å². The molecule has 1 saturated heterocycles. The minimum absolute atomic E-state index is 0.108. The lowest BCUT2D eigenvalue weighted by atomic mass is 9.85. The summed E-state index contributed by atoms with van der Waals surface area (Å²) in [7, 11) is 0. The van der Waals surface area contributed by atoms with Gasteiger partial charge in [-0.25, -0.2) is 0 Å². The summed E-state index contributed by atoms with van der Waals surface area (Å²) in [6, 6.07) is 0.208. The predicted molar refractivity (Wildman–Crippen MR) is 106 cm³/mol. The van der Waals surface area contributed by atoms with Crippen molar-refractivity contribution in [2.24, 2.45) is 0 Å². The van der Waals surface area contributed by atoms with Gasteiger partial charge in [0.15, 0.2) is 5.82 Å². The number of hydrogen-bond donors (Lipinski definition) is 0. The molecule has 1 aliphatic carbocycles. The maximum atomic E-state index is 12.4. The Morgan fingerprint density at radius 1 is 1.17 bits per heavy atom. The van der Waals surface area contributed by atoms with E-state index in [1.165, 1.54) is 6.42 Å². The highest BCUT2D eigenvalue weighted by molar-refractivity contribution is 5.73. The van der Waals surface area contributed by atoms with Gasteiger partial charge in [0, 0.05) is 50.5 Å². The molecule has 8 nitrogen and oxygen atoms in total. The van der Waals surface area contributed by atoms with E-state index in [4.69, 9.17) is 9.05 Å². The van der Waals surface area contributed by atoms with Crippen molar-refractivity contribution in [3.8, 4) is 0 Å². The van der Waals surface area contributed by atoms with Gasteiger partial charge in [-0.05, 0) is 46.1 Å². The number of amides is 1. The molecule has 3 heterocycles. The van der Waals surface area contributed by atoms with Gasteiger partial charge < -0.3 is 13.9 Å². The van der Waals surface area contributed by atoms with E-state index < -0.39 is 0 Å². The van der Waals surface area contributed by atoms with Crippen LogP contribution < -0.4 is 0 Å². The number of rotatable bonds is 7. The quantitative estimate of drug-likeness (QED) is 0.704. The molecule has 0 aromatic carbocycles. The van der Waals surface area contributed by atoms with Crippen LogP contribution in [0.5, 0.6) is 0 Å². The summed E-state index contributed by atoms with van der Waals surface area (Å²) in [4.78, 5) is 21.3. The van der Waals surface area contributed by atoms with E-state index in [0.29, 0.717) is 24.7 Å². The Labute approximate surface area is 171 Å². The zero-order valence-corrected chi connectivity index (χ0v) is 17.7. The van der Waals surface area contributed by atoms with Crippen molar-refractivity contribution < 1.29 is 13.8 Å². The molecular weight excluding hydrogens is 370 g/mol. The lowest BCUT2D eigenvalue weighted by Gasteiger charge is -2.39. The fraction of sp³-hybridized carbons (Fsp3) is 0.714. The van der Waals surface area contributed by atoms with Crippen LogP contribution in [0.4, 0.5) is 0 Å². The topological polar surface area (TPSA) is 88.5 Å². The Hall–Kier alpha value is -2.22. The third-order valence-corrected chi connectivity index (χ3v) is 6.40. The normalized spacial score (nSPS) is 20.6. The molecule has 0 spiro atoms. The molecule has 2 aromatic rings. The molecule has 1 saturated carbocycles. The molecule has 0 bridgehead atoms. The molecule has 1 atom stereocenters. The first-order chi connectivity index (χ1) is 14.0. The summed E-state index contributed by atoms with van der Waals surface area (Å²) in [5.74, 6) is 2.91. The first-order valence-corrected chi connectivity index (χ1v) is 10.7. The van der Waals surface area contributed by atoms with Gasteiger partial charge in [0.1, 0.15) is 5.76 Å². The fourth-order valence-corrected chi connectivity index (χ4v) is 4.39. The highest BCUT2D eigenvalue weighted by atomic mass is 16.5. The average Bonchev–Trinajstić information content (AvgIpc) is 3.22. The Balaban J connectivity index is 1.36. The lowest BCUT2D eigenvalue weighted by Crippen LogP contribution is -2.50. The van der Waals surface area contributed by atoms with Gasteiger partial charge in [0.25, 0.3) is 0 Å². The van der Waals surface area contributed by atoms with Gasteiger partial charge in [0.05, 0.1) is 5.69 Å². The van der Waals surface area contributed by atoms with Crippen LogP contribution in [0.1, 0.15) is 73.7 Å². The second kappa shape index (κ2) is 8.65. The van der Waals surface area contributed by atoms with Gasteiger partial charge in [-0.1, -0.05) is 16.7 Å². The van der Waals surface area contributed by atoms with Crippen LogP contribution >= 0.6 is 0 Å². The summed E-state index contributed by atoms with van der Waals surface area (Å²) in [5, 5.41) is 8.19. The molecule has 29 heavy (non-hydrogen) atoms. The van der Waals surface area contributed by atoms with Gasteiger partial charge in [-0.2, -0.15) is 4.98 Å². The molecule has 1 unspecified atom stereocenters. The van der Waals surface area contributed by atoms with Gasteiger partial charge in [-0.15, -0.1) is 0 Å². The van der Waals surface area contributed by atoms with Crippen molar-refractivity contribution in [2.75, 3.05) is 19.6 Å². The molecule has 2 aliphatic rings. The number of likely N-dealkylation sites (tertiary alicyclic amines) is 1. The van der Waals surface area contributed by atoms with Crippen molar-refractivity contribution >= 4 is 5.91 Å². The molecule has 0 radical (unpaired) electrons. The average molecular weight is 402 g/mol. The van der Waals surface area contributed by atoms with Crippen LogP contribution in [0.2, 0.25) is 0 Å². The number of hydrogen-bond acceptors (Lipinski definition) is 7. The van der Waals surface area contributed by atoms with Crippen LogP contribution in [0.25, 0.3) is 0 Å². The van der Waals surface area contributed by atoms with E-state index in [1.54, 1.807) is 6.92 Å². The maximum absolute atomic E-state index is 12.4. The molecule has 8 heteroatoms. The molecule has 1 amide bonds. The SMILES string of the molecule is CC(=O)N(CCc1noc(C2CCC2)n1)C1CCCN(Cc2c(C)noc2C)C1. The Kier molecular flexibility index (Phi) is 5.99. The van der Waals surface area contributed by atoms with Crippen LogP contribution in [0.15, 0.2) is 9.05 Å². The number of aromatic nitrogens is 3. The summed E-state index contributed by atoms with van der Waals surface area (Å²) >= 11 is 0. The molecule has 1 aliphatic heterocycles. The third kappa shape index (κ3) is 4.52. The van der Waals surface area contributed by atoms with Crippen molar-refractivity contribution in [1.29, 1.82) is 0 Å². The summed E-state index contributed by atoms with van der Waals surface area (Å²) in [6.07, 6.45) is 6.26. The van der Waals surface area contributed by atoms with Crippen molar-refractivity contribution in [1.82, 2.24) is 25.1 Å². The molecule has 0 N–H and O–H groups in total. The Morgan fingerprint density at radius 2 is 2.00 bits per heavy atom. The van der Waals surface area contributed by atoms with Gasteiger partial charge >= 0.3 is 0 Å². The second-order valence-corrected chi connectivity index (χ2v) is 8.47. The molecule has 2 fully saturated rings. The number of carbonyl (C=O) groups is 1.